The summed E-state index contributed by atoms with van der Waals surface area (Å²) in [7, 11) is 0. The van der Waals surface area contributed by atoms with Gasteiger partial charge in [0.2, 0.25) is 0 Å². The third-order valence-electron chi connectivity index (χ3n) is 19.7. The van der Waals surface area contributed by atoms with E-state index in [0.29, 0.717) is 5.82 Å². The SMILES string of the molecule is c1ccc(N(c2ccccc2)c2ccc3c(c2)c2ccccc2n3-c2cccc(-c3cc(-c4cccc(-n5c6ccccc6c6cc(N(c7ccccc7)c7ccccc7)ccc65)c4)nc(-c4cccc(-n5c6ccccc6c6cc(N(c7ccccc7)c7ccccc7)ccc65)c4)n3)c2)cc1. The van der Waals surface area contributed by atoms with Crippen LogP contribution >= 0.6 is 0 Å². The second-order valence-corrected chi connectivity index (χ2v) is 25.8. The maximum absolute atomic E-state index is 5.64. The van der Waals surface area contributed by atoms with Crippen molar-refractivity contribution in [1.29, 1.82) is 0 Å². The summed E-state index contributed by atoms with van der Waals surface area (Å²) in [6.07, 6.45) is 0. The summed E-state index contributed by atoms with van der Waals surface area (Å²) in [4.78, 5) is 18.3. The van der Waals surface area contributed by atoms with E-state index in [1.165, 1.54) is 10.8 Å². The van der Waals surface area contributed by atoms with Crippen LogP contribution in [-0.2, 0) is 0 Å². The van der Waals surface area contributed by atoms with Crippen molar-refractivity contribution in [2.24, 2.45) is 0 Å². The average Bonchev–Trinajstić information content (AvgIpc) is 1.24. The van der Waals surface area contributed by atoms with Gasteiger partial charge in [0.25, 0.3) is 0 Å². The zero-order chi connectivity index (χ0) is 67.5. The highest BCUT2D eigenvalue weighted by Crippen LogP contribution is 2.45. The van der Waals surface area contributed by atoms with Gasteiger partial charge in [0.05, 0.1) is 44.5 Å². The topological polar surface area (TPSA) is 50.3 Å². The number of fused-ring (bicyclic) bond motifs is 9. The molecule has 0 aliphatic carbocycles. The molecule has 8 heteroatoms. The van der Waals surface area contributed by atoms with Gasteiger partial charge in [0.15, 0.2) is 5.82 Å². The Morgan fingerprint density at radius 2 is 0.431 bits per heavy atom. The second-order valence-electron chi connectivity index (χ2n) is 25.8. The van der Waals surface area contributed by atoms with Gasteiger partial charge >= 0.3 is 0 Å². The van der Waals surface area contributed by atoms with E-state index >= 15 is 0 Å². The van der Waals surface area contributed by atoms with Crippen molar-refractivity contribution in [2.45, 2.75) is 0 Å². The summed E-state index contributed by atoms with van der Waals surface area (Å²) >= 11 is 0. The Bertz CT molecular complexity index is 5580. The molecule has 0 saturated carbocycles. The molecular weight excluding hydrogens is 1240 g/mol. The predicted molar refractivity (Wildman–Crippen MR) is 425 cm³/mol. The van der Waals surface area contributed by atoms with E-state index in [0.717, 1.165) is 151 Å². The number of hydrogen-bond acceptors (Lipinski definition) is 5. The van der Waals surface area contributed by atoms with Crippen LogP contribution in [0.5, 0.6) is 0 Å². The molecule has 19 rings (SSSR count). The van der Waals surface area contributed by atoms with Crippen LogP contribution in [0, 0.1) is 0 Å². The Kier molecular flexibility index (Phi) is 14.7. The summed E-state index contributed by atoms with van der Waals surface area (Å²) in [5.74, 6) is 0.612. The molecule has 19 aromatic rings. The van der Waals surface area contributed by atoms with Crippen molar-refractivity contribution >= 4 is 117 Å². The van der Waals surface area contributed by atoms with Gasteiger partial charge in [-0.1, -0.05) is 200 Å². The smallest absolute Gasteiger partial charge is 0.160 e. The first kappa shape index (κ1) is 59.4. The number of rotatable bonds is 15. The van der Waals surface area contributed by atoms with Crippen LogP contribution < -0.4 is 14.7 Å². The number of aromatic nitrogens is 5. The lowest BCUT2D eigenvalue weighted by Gasteiger charge is -2.25. The lowest BCUT2D eigenvalue weighted by atomic mass is 10.0. The molecule has 0 bridgehead atoms. The molecule has 0 radical (unpaired) electrons. The second kappa shape index (κ2) is 25.2. The molecule has 4 heterocycles. The van der Waals surface area contributed by atoms with E-state index in [4.69, 9.17) is 9.97 Å². The Morgan fingerprint density at radius 1 is 0.176 bits per heavy atom. The maximum atomic E-state index is 5.64. The van der Waals surface area contributed by atoms with Crippen LogP contribution in [0.15, 0.2) is 388 Å². The number of nitrogens with zero attached hydrogens (tertiary/aromatic N) is 8. The molecule has 4 aromatic heterocycles. The van der Waals surface area contributed by atoms with E-state index in [2.05, 4.69) is 417 Å². The quantitative estimate of drug-likeness (QED) is 0.102. The number of anilines is 9. The van der Waals surface area contributed by atoms with Crippen molar-refractivity contribution in [1.82, 2.24) is 23.7 Å². The van der Waals surface area contributed by atoms with Crippen LogP contribution in [0.2, 0.25) is 0 Å². The van der Waals surface area contributed by atoms with Gasteiger partial charge in [0.1, 0.15) is 0 Å². The Hall–Kier alpha value is -13.8. The maximum Gasteiger partial charge on any atom is 0.160 e. The van der Waals surface area contributed by atoms with Gasteiger partial charge in [-0.3, -0.25) is 0 Å². The highest BCUT2D eigenvalue weighted by Gasteiger charge is 2.23. The molecule has 0 aliphatic heterocycles. The van der Waals surface area contributed by atoms with E-state index in [1.54, 1.807) is 0 Å². The minimum absolute atomic E-state index is 0.612. The summed E-state index contributed by atoms with van der Waals surface area (Å²) in [6, 6.07) is 139. The van der Waals surface area contributed by atoms with Gasteiger partial charge in [-0.15, -0.1) is 0 Å². The highest BCUT2D eigenvalue weighted by atomic mass is 15.2. The minimum atomic E-state index is 0.612. The Morgan fingerprint density at radius 3 is 0.735 bits per heavy atom. The van der Waals surface area contributed by atoms with Crippen LogP contribution in [-0.4, -0.2) is 23.7 Å². The molecular formula is C94H64N8. The number of hydrogen-bond donors (Lipinski definition) is 0. The van der Waals surface area contributed by atoms with E-state index in [9.17, 15) is 0 Å². The Balaban J connectivity index is 0.765. The molecule has 0 fully saturated rings. The van der Waals surface area contributed by atoms with Crippen LogP contribution in [0.4, 0.5) is 51.2 Å². The fourth-order valence-electron chi connectivity index (χ4n) is 15.2. The first-order valence-corrected chi connectivity index (χ1v) is 34.6. The number of para-hydroxylation sites is 9. The Labute approximate surface area is 590 Å². The van der Waals surface area contributed by atoms with E-state index in [1.807, 2.05) is 0 Å². The molecule has 102 heavy (non-hydrogen) atoms. The first-order chi connectivity index (χ1) is 50.6. The molecule has 0 N–H and O–H groups in total. The number of benzene rings is 15. The molecule has 0 spiro atoms. The molecule has 0 amide bonds. The lowest BCUT2D eigenvalue weighted by Crippen LogP contribution is -2.09. The van der Waals surface area contributed by atoms with Crippen molar-refractivity contribution < 1.29 is 0 Å². The molecule has 0 atom stereocenters. The lowest BCUT2D eigenvalue weighted by molar-refractivity contribution is 1.15. The monoisotopic (exact) mass is 1300 g/mol. The molecule has 0 unspecified atom stereocenters. The van der Waals surface area contributed by atoms with E-state index < -0.39 is 0 Å². The van der Waals surface area contributed by atoms with Crippen molar-refractivity contribution in [3.05, 3.63) is 388 Å². The summed E-state index contributed by atoms with van der Waals surface area (Å²) in [5, 5.41) is 6.97. The third kappa shape index (κ3) is 10.5. The first-order valence-electron chi connectivity index (χ1n) is 34.6. The van der Waals surface area contributed by atoms with Gasteiger partial charge in [-0.05, 0) is 188 Å². The van der Waals surface area contributed by atoms with Crippen LogP contribution in [0.3, 0.4) is 0 Å². The summed E-state index contributed by atoms with van der Waals surface area (Å²) < 4.78 is 7.18. The van der Waals surface area contributed by atoms with Crippen LogP contribution in [0.1, 0.15) is 0 Å². The normalized spacial score (nSPS) is 11.5. The zero-order valence-electron chi connectivity index (χ0n) is 55.5. The highest BCUT2D eigenvalue weighted by molar-refractivity contribution is 6.13. The molecule has 480 valence electrons. The molecule has 15 aromatic carbocycles. The third-order valence-corrected chi connectivity index (χ3v) is 19.7. The summed E-state index contributed by atoms with van der Waals surface area (Å²) in [5.41, 5.74) is 23.9. The zero-order valence-corrected chi connectivity index (χ0v) is 55.5. The van der Waals surface area contributed by atoms with Gasteiger partial charge < -0.3 is 28.4 Å². The fourth-order valence-corrected chi connectivity index (χ4v) is 15.2. The molecule has 8 nitrogen and oxygen atoms in total. The molecule has 0 aliphatic rings. The van der Waals surface area contributed by atoms with Crippen LogP contribution in [0.25, 0.3) is 116 Å². The summed E-state index contributed by atoms with van der Waals surface area (Å²) in [6.45, 7) is 0. The van der Waals surface area contributed by atoms with Gasteiger partial charge in [-0.25, -0.2) is 9.97 Å². The van der Waals surface area contributed by atoms with Gasteiger partial charge in [-0.2, -0.15) is 0 Å². The van der Waals surface area contributed by atoms with E-state index in [-0.39, 0.29) is 0 Å². The van der Waals surface area contributed by atoms with Crippen molar-refractivity contribution in [3.8, 4) is 51.0 Å². The standard InChI is InChI=1S/C94H64N8/c1-7-31-68(32-8-1)97(69-33-9-2-10-34-69)77-52-55-91-83(61-77)80-46-19-22-49-88(80)100(91)74-43-25-28-65(58-74)86-64-87(66-29-26-44-75(59-66)101-89-50-23-20-47-81(89)84-62-78(53-56-92(84)101)98(70-35-11-3-12-36-70)71-37-13-4-14-38-71)96-94(95-86)67-30-27-45-76(60-67)102-90-51-24-21-48-82(90)85-63-79(54-57-93(85)102)99(72-39-15-5-16-40-72)73-41-17-6-18-42-73/h1-64H. The molecule has 0 saturated heterocycles. The predicted octanol–water partition coefficient (Wildman–Crippen LogP) is 25.2. The van der Waals surface area contributed by atoms with Crippen molar-refractivity contribution in [3.63, 3.8) is 0 Å². The fraction of sp³-hybridized carbons (Fsp3) is 0. The largest absolute Gasteiger partial charge is 0.310 e. The van der Waals surface area contributed by atoms with Crippen molar-refractivity contribution in [2.75, 3.05) is 14.7 Å². The average molecular weight is 1310 g/mol. The van der Waals surface area contributed by atoms with Gasteiger partial charge in [0, 0.05) is 117 Å². The minimum Gasteiger partial charge on any atom is -0.310 e.